The molecular weight excluding hydrogens is 367 g/mol. The van der Waals surface area contributed by atoms with Gasteiger partial charge in [0.05, 0.1) is 15.6 Å². The molecule has 25 heavy (non-hydrogen) atoms. The first-order chi connectivity index (χ1) is 12.0. The summed E-state index contributed by atoms with van der Waals surface area (Å²) in [4.78, 5) is 28.3. The molecule has 2 amide bonds. The Bertz CT molecular complexity index is 909. The van der Waals surface area contributed by atoms with E-state index in [1.165, 1.54) is 24.6 Å². The Morgan fingerprint density at radius 3 is 2.44 bits per heavy atom. The van der Waals surface area contributed by atoms with Gasteiger partial charge in [0.2, 0.25) is 0 Å². The SMILES string of the molecule is O=C(Nc1cc(NC(=O)c2c(Cl)cccc2Cl)ccn1)c1ccon1. The fraction of sp³-hybridized carbons (Fsp3) is 0. The summed E-state index contributed by atoms with van der Waals surface area (Å²) in [5.41, 5.74) is 0.682. The van der Waals surface area contributed by atoms with E-state index in [0.717, 1.165) is 0 Å². The highest BCUT2D eigenvalue weighted by atomic mass is 35.5. The molecule has 0 aliphatic heterocycles. The van der Waals surface area contributed by atoms with E-state index in [-0.39, 0.29) is 27.1 Å². The van der Waals surface area contributed by atoms with Crippen LogP contribution in [0.4, 0.5) is 11.5 Å². The van der Waals surface area contributed by atoms with Crippen LogP contribution in [0.25, 0.3) is 0 Å². The number of nitrogens with zero attached hydrogens (tertiary/aromatic N) is 2. The van der Waals surface area contributed by atoms with Crippen LogP contribution in [-0.2, 0) is 0 Å². The van der Waals surface area contributed by atoms with Crippen molar-refractivity contribution in [3.8, 4) is 0 Å². The molecule has 0 saturated heterocycles. The summed E-state index contributed by atoms with van der Waals surface area (Å²) in [5.74, 6) is -0.731. The zero-order valence-electron chi connectivity index (χ0n) is 12.5. The molecule has 0 aliphatic carbocycles. The molecule has 0 saturated carbocycles. The number of halogens is 2. The van der Waals surface area contributed by atoms with Crippen LogP contribution in [0.5, 0.6) is 0 Å². The molecule has 2 N–H and O–H groups in total. The minimum atomic E-state index is -0.487. The predicted molar refractivity (Wildman–Crippen MR) is 93.1 cm³/mol. The maximum Gasteiger partial charge on any atom is 0.278 e. The molecular formula is C16H10Cl2N4O3. The molecule has 3 aromatic rings. The Kier molecular flexibility index (Phi) is 4.97. The van der Waals surface area contributed by atoms with Gasteiger partial charge in [-0.1, -0.05) is 34.4 Å². The smallest absolute Gasteiger partial charge is 0.278 e. The number of hydrogen-bond acceptors (Lipinski definition) is 5. The van der Waals surface area contributed by atoms with Gasteiger partial charge in [0.15, 0.2) is 5.69 Å². The highest BCUT2D eigenvalue weighted by molar-refractivity contribution is 6.40. The lowest BCUT2D eigenvalue weighted by atomic mass is 10.2. The summed E-state index contributed by atoms with van der Waals surface area (Å²) >= 11 is 12.0. The topological polar surface area (TPSA) is 97.1 Å². The van der Waals surface area contributed by atoms with Crippen molar-refractivity contribution in [2.75, 3.05) is 10.6 Å². The zero-order chi connectivity index (χ0) is 17.8. The maximum absolute atomic E-state index is 12.4. The van der Waals surface area contributed by atoms with E-state index in [9.17, 15) is 9.59 Å². The Morgan fingerprint density at radius 1 is 1.00 bits per heavy atom. The minimum Gasteiger partial charge on any atom is -0.364 e. The third-order valence-electron chi connectivity index (χ3n) is 3.12. The lowest BCUT2D eigenvalue weighted by molar-refractivity contribution is 0.101. The number of carbonyl (C=O) groups is 2. The first-order valence-electron chi connectivity index (χ1n) is 6.98. The van der Waals surface area contributed by atoms with Gasteiger partial charge in [-0.05, 0) is 18.2 Å². The summed E-state index contributed by atoms with van der Waals surface area (Å²) in [6.45, 7) is 0. The monoisotopic (exact) mass is 376 g/mol. The first-order valence-corrected chi connectivity index (χ1v) is 7.73. The van der Waals surface area contributed by atoms with E-state index < -0.39 is 11.8 Å². The van der Waals surface area contributed by atoms with Gasteiger partial charge in [0, 0.05) is 24.0 Å². The molecule has 0 atom stereocenters. The van der Waals surface area contributed by atoms with Crippen molar-refractivity contribution in [3.05, 3.63) is 70.2 Å². The van der Waals surface area contributed by atoms with E-state index in [1.807, 2.05) is 0 Å². The first kappa shape index (κ1) is 16.9. The molecule has 126 valence electrons. The van der Waals surface area contributed by atoms with Crippen molar-refractivity contribution >= 4 is 46.5 Å². The summed E-state index contributed by atoms with van der Waals surface area (Å²) in [6, 6.07) is 9.25. The van der Waals surface area contributed by atoms with Crippen molar-refractivity contribution in [1.82, 2.24) is 10.1 Å². The second kappa shape index (κ2) is 7.33. The number of rotatable bonds is 4. The Hall–Kier alpha value is -2.90. The highest BCUT2D eigenvalue weighted by Crippen LogP contribution is 2.25. The number of aromatic nitrogens is 2. The number of benzene rings is 1. The molecule has 0 aliphatic rings. The number of carbonyl (C=O) groups excluding carboxylic acids is 2. The predicted octanol–water partition coefficient (Wildman–Crippen LogP) is 3.88. The van der Waals surface area contributed by atoms with Gasteiger partial charge in [0.1, 0.15) is 12.1 Å². The van der Waals surface area contributed by atoms with Crippen LogP contribution in [0, 0.1) is 0 Å². The molecule has 3 rings (SSSR count). The van der Waals surface area contributed by atoms with Crippen molar-refractivity contribution in [3.63, 3.8) is 0 Å². The van der Waals surface area contributed by atoms with Gasteiger partial charge in [-0.3, -0.25) is 9.59 Å². The van der Waals surface area contributed by atoms with Crippen molar-refractivity contribution < 1.29 is 14.1 Å². The molecule has 0 bridgehead atoms. The van der Waals surface area contributed by atoms with E-state index in [0.29, 0.717) is 5.69 Å². The Balaban J connectivity index is 1.76. The molecule has 2 aromatic heterocycles. The average molecular weight is 377 g/mol. The lowest BCUT2D eigenvalue weighted by Gasteiger charge is -2.09. The van der Waals surface area contributed by atoms with Crippen LogP contribution in [0.15, 0.2) is 53.4 Å². The fourth-order valence-corrected chi connectivity index (χ4v) is 2.56. The average Bonchev–Trinajstić information content (AvgIpc) is 3.09. The van der Waals surface area contributed by atoms with E-state index >= 15 is 0 Å². The minimum absolute atomic E-state index is 0.110. The summed E-state index contributed by atoms with van der Waals surface area (Å²) in [7, 11) is 0. The maximum atomic E-state index is 12.4. The van der Waals surface area contributed by atoms with Crippen molar-refractivity contribution in [1.29, 1.82) is 0 Å². The molecule has 7 nitrogen and oxygen atoms in total. The van der Waals surface area contributed by atoms with E-state index in [1.54, 1.807) is 24.3 Å². The molecule has 0 unspecified atom stereocenters. The third kappa shape index (κ3) is 3.96. The Labute approximate surface area is 151 Å². The zero-order valence-corrected chi connectivity index (χ0v) is 14.0. The van der Waals surface area contributed by atoms with Crippen LogP contribution in [0.1, 0.15) is 20.8 Å². The number of hydrogen-bond donors (Lipinski definition) is 2. The molecule has 1 aromatic carbocycles. The highest BCUT2D eigenvalue weighted by Gasteiger charge is 2.15. The van der Waals surface area contributed by atoms with Crippen LogP contribution in [0.3, 0.4) is 0 Å². The van der Waals surface area contributed by atoms with Gasteiger partial charge in [0.25, 0.3) is 11.8 Å². The third-order valence-corrected chi connectivity index (χ3v) is 3.75. The summed E-state index contributed by atoms with van der Waals surface area (Å²) < 4.78 is 4.61. The van der Waals surface area contributed by atoms with Gasteiger partial charge >= 0.3 is 0 Å². The largest absolute Gasteiger partial charge is 0.364 e. The molecule has 9 heteroatoms. The number of nitrogens with one attached hydrogen (secondary N) is 2. The lowest BCUT2D eigenvalue weighted by Crippen LogP contribution is -2.15. The fourth-order valence-electron chi connectivity index (χ4n) is 2.00. The van der Waals surface area contributed by atoms with Gasteiger partial charge in [-0.2, -0.15) is 0 Å². The second-order valence-corrected chi connectivity index (χ2v) is 5.63. The molecule has 0 spiro atoms. The second-order valence-electron chi connectivity index (χ2n) is 4.82. The van der Waals surface area contributed by atoms with Crippen LogP contribution >= 0.6 is 23.2 Å². The summed E-state index contributed by atoms with van der Waals surface area (Å²) in [5, 5.41) is 9.20. The Morgan fingerprint density at radius 2 is 1.76 bits per heavy atom. The van der Waals surface area contributed by atoms with Gasteiger partial charge in [-0.15, -0.1) is 0 Å². The van der Waals surface area contributed by atoms with E-state index in [4.69, 9.17) is 23.2 Å². The number of amides is 2. The quantitative estimate of drug-likeness (QED) is 0.719. The van der Waals surface area contributed by atoms with Crippen LogP contribution in [-0.4, -0.2) is 22.0 Å². The molecule has 0 fully saturated rings. The molecule has 2 heterocycles. The van der Waals surface area contributed by atoms with Crippen molar-refractivity contribution in [2.24, 2.45) is 0 Å². The number of pyridine rings is 1. The van der Waals surface area contributed by atoms with Crippen LogP contribution < -0.4 is 10.6 Å². The summed E-state index contributed by atoms with van der Waals surface area (Å²) in [6.07, 6.45) is 2.72. The number of anilines is 2. The van der Waals surface area contributed by atoms with E-state index in [2.05, 4.69) is 25.3 Å². The van der Waals surface area contributed by atoms with Crippen molar-refractivity contribution in [2.45, 2.75) is 0 Å². The molecule has 0 radical (unpaired) electrons. The van der Waals surface area contributed by atoms with Crippen LogP contribution in [0.2, 0.25) is 10.0 Å². The van der Waals surface area contributed by atoms with Gasteiger partial charge in [-0.25, -0.2) is 4.98 Å². The standard InChI is InChI=1S/C16H10Cl2N4O3/c17-10-2-1-3-11(18)14(10)16(24)20-9-4-6-19-13(8-9)21-15(23)12-5-7-25-22-12/h1-8H,(H2,19,20,21,23,24). The normalized spacial score (nSPS) is 10.3. The van der Waals surface area contributed by atoms with Gasteiger partial charge < -0.3 is 15.2 Å².